The minimum Gasteiger partial charge on any atom is -0.497 e. The lowest BCUT2D eigenvalue weighted by Gasteiger charge is -2.42. The highest BCUT2D eigenvalue weighted by atomic mass is 32.2. The van der Waals surface area contributed by atoms with Crippen LogP contribution in [0.15, 0.2) is 17.0 Å². The van der Waals surface area contributed by atoms with Gasteiger partial charge in [-0.15, -0.1) is 0 Å². The maximum Gasteiger partial charge on any atom is 0.248 e. The summed E-state index contributed by atoms with van der Waals surface area (Å²) in [6.45, 7) is 8.03. The van der Waals surface area contributed by atoms with E-state index in [4.69, 9.17) is 9.47 Å². The molecule has 1 unspecified atom stereocenters. The largest absolute Gasteiger partial charge is 0.497 e. The third-order valence-electron chi connectivity index (χ3n) is 8.42. The monoisotopic (exact) mass is 550 g/mol. The lowest BCUT2D eigenvalue weighted by Crippen LogP contribution is -2.47. The van der Waals surface area contributed by atoms with Crippen LogP contribution in [0, 0.1) is 19.8 Å². The molecule has 1 heterocycles. The van der Waals surface area contributed by atoms with Crippen molar-refractivity contribution >= 4 is 16.9 Å². The molecule has 1 amide bonds. The van der Waals surface area contributed by atoms with Crippen molar-refractivity contribution in [3.8, 4) is 5.75 Å². The number of carbonyl (C=O) groups is 1. The van der Waals surface area contributed by atoms with Gasteiger partial charge < -0.3 is 24.2 Å². The topological polar surface area (TPSA) is 65.6 Å². The fourth-order valence-electron chi connectivity index (χ4n) is 5.95. The van der Waals surface area contributed by atoms with E-state index in [1.165, 1.54) is 51.6 Å². The molecule has 8 nitrogen and oxygen atoms in total. The summed E-state index contributed by atoms with van der Waals surface area (Å²) in [7, 11) is 8.43. The molecule has 1 aromatic rings. The Labute approximate surface area is 233 Å². The van der Waals surface area contributed by atoms with E-state index in [-0.39, 0.29) is 12.5 Å². The van der Waals surface area contributed by atoms with Crippen LogP contribution in [0.25, 0.3) is 0 Å². The summed E-state index contributed by atoms with van der Waals surface area (Å²) in [6.07, 6.45) is 7.42. The molecular formula is C29H50N4O4S. The molecule has 38 heavy (non-hydrogen) atoms. The van der Waals surface area contributed by atoms with Crippen LogP contribution >= 0.6 is 0 Å². The van der Waals surface area contributed by atoms with Crippen LogP contribution in [-0.4, -0.2) is 116 Å². The molecule has 9 heteroatoms. The zero-order valence-corrected chi connectivity index (χ0v) is 25.5. The van der Waals surface area contributed by atoms with E-state index in [0.717, 1.165) is 34.4 Å². The van der Waals surface area contributed by atoms with Gasteiger partial charge in [0.25, 0.3) is 0 Å². The van der Waals surface area contributed by atoms with Crippen molar-refractivity contribution in [1.82, 2.24) is 19.0 Å². The highest BCUT2D eigenvalue weighted by molar-refractivity contribution is 7.82. The van der Waals surface area contributed by atoms with E-state index in [0.29, 0.717) is 25.1 Å². The van der Waals surface area contributed by atoms with Gasteiger partial charge >= 0.3 is 0 Å². The Balaban J connectivity index is 1.33. The number of rotatable bonds is 12. The van der Waals surface area contributed by atoms with Gasteiger partial charge in [-0.3, -0.25) is 4.79 Å². The van der Waals surface area contributed by atoms with Gasteiger partial charge in [0.05, 0.1) is 18.6 Å². The fourth-order valence-corrected chi connectivity index (χ4v) is 7.18. The van der Waals surface area contributed by atoms with Crippen molar-refractivity contribution in [2.24, 2.45) is 5.92 Å². The Hall–Kier alpha value is -1.52. The smallest absolute Gasteiger partial charge is 0.248 e. The van der Waals surface area contributed by atoms with Crippen molar-refractivity contribution in [3.63, 3.8) is 0 Å². The number of likely N-dealkylation sites (tertiary alicyclic amines) is 1. The minimum absolute atomic E-state index is 0.0171. The molecular weight excluding hydrogens is 500 g/mol. The summed E-state index contributed by atoms with van der Waals surface area (Å²) in [4.78, 5) is 20.4. The zero-order valence-electron chi connectivity index (χ0n) is 24.7. The number of ether oxygens (including phenoxy) is 2. The van der Waals surface area contributed by atoms with Gasteiger partial charge in [-0.25, -0.2) is 8.51 Å². The summed E-state index contributed by atoms with van der Waals surface area (Å²) in [5.41, 5.74) is 1.88. The number of hydrogen-bond donors (Lipinski definition) is 0. The average Bonchev–Trinajstić information content (AvgIpc) is 2.90. The second-order valence-electron chi connectivity index (χ2n) is 11.4. The van der Waals surface area contributed by atoms with Crippen LogP contribution in [0.3, 0.4) is 0 Å². The molecule has 1 aliphatic carbocycles. The van der Waals surface area contributed by atoms with Gasteiger partial charge in [0.1, 0.15) is 23.3 Å². The summed E-state index contributed by atoms with van der Waals surface area (Å²) in [5.74, 6) is 1.36. The Morgan fingerprint density at radius 2 is 1.61 bits per heavy atom. The van der Waals surface area contributed by atoms with E-state index in [9.17, 15) is 9.00 Å². The van der Waals surface area contributed by atoms with Crippen molar-refractivity contribution in [2.75, 3.05) is 74.7 Å². The normalized spacial score (nSPS) is 22.1. The molecule has 0 N–H and O–H groups in total. The number of piperidine rings is 1. The van der Waals surface area contributed by atoms with E-state index in [1.807, 2.05) is 45.0 Å². The Kier molecular flexibility index (Phi) is 12.0. The maximum atomic E-state index is 13.1. The van der Waals surface area contributed by atoms with Crippen molar-refractivity contribution in [3.05, 3.63) is 23.3 Å². The second kappa shape index (κ2) is 14.7. The van der Waals surface area contributed by atoms with Crippen LogP contribution in [-0.2, 0) is 20.5 Å². The van der Waals surface area contributed by atoms with E-state index >= 15 is 0 Å². The third kappa shape index (κ3) is 8.49. The molecule has 0 bridgehead atoms. The molecule has 2 fully saturated rings. The summed E-state index contributed by atoms with van der Waals surface area (Å²) in [6, 6.07) is 5.25. The molecule has 0 radical (unpaired) electrons. The number of aryl methyl sites for hydroxylation is 2. The van der Waals surface area contributed by atoms with Crippen molar-refractivity contribution < 1.29 is 18.5 Å². The van der Waals surface area contributed by atoms with Gasteiger partial charge in [0.15, 0.2) is 0 Å². The second-order valence-corrected chi connectivity index (χ2v) is 13.0. The number of likely N-dealkylation sites (N-methyl/N-ethyl adjacent to an activating group) is 2. The van der Waals surface area contributed by atoms with Crippen LogP contribution in [0.2, 0.25) is 0 Å². The van der Waals surface area contributed by atoms with Crippen molar-refractivity contribution in [1.29, 1.82) is 0 Å². The van der Waals surface area contributed by atoms with Gasteiger partial charge in [-0.05, 0) is 109 Å². The molecule has 1 atom stereocenters. The lowest BCUT2D eigenvalue weighted by atomic mass is 9.84. The SMILES string of the molecule is COc1cc(C)c(S(=O)N(C)CCOCC(=O)N(C)CC2CCC(N3CCC(N(C)C)CC3)CC2)c(C)c1. The predicted octanol–water partition coefficient (Wildman–Crippen LogP) is 3.33. The molecule has 0 aromatic heterocycles. The zero-order chi connectivity index (χ0) is 27.8. The quantitative estimate of drug-likeness (QED) is 0.372. The first-order chi connectivity index (χ1) is 18.1. The lowest BCUT2D eigenvalue weighted by molar-refractivity contribution is -0.135. The van der Waals surface area contributed by atoms with E-state index in [1.54, 1.807) is 11.4 Å². The number of nitrogens with zero attached hydrogens (tertiary/aromatic N) is 4. The molecule has 1 saturated heterocycles. The number of hydrogen-bond acceptors (Lipinski definition) is 6. The highest BCUT2D eigenvalue weighted by Gasteiger charge is 2.30. The summed E-state index contributed by atoms with van der Waals surface area (Å²) in [5, 5.41) is 0. The average molecular weight is 551 g/mol. The predicted molar refractivity (Wildman–Crippen MR) is 154 cm³/mol. The highest BCUT2D eigenvalue weighted by Crippen LogP contribution is 2.30. The molecule has 1 saturated carbocycles. The Morgan fingerprint density at radius 1 is 1.00 bits per heavy atom. The first kappa shape index (κ1) is 31.0. The number of amides is 1. The van der Waals surface area contributed by atoms with Gasteiger partial charge in [-0.1, -0.05) is 0 Å². The Morgan fingerprint density at radius 3 is 2.16 bits per heavy atom. The first-order valence-electron chi connectivity index (χ1n) is 14.1. The van der Waals surface area contributed by atoms with Gasteiger partial charge in [0.2, 0.25) is 5.91 Å². The molecule has 1 aromatic carbocycles. The van der Waals surface area contributed by atoms with Crippen LogP contribution in [0.4, 0.5) is 0 Å². The number of carbonyl (C=O) groups excluding carboxylic acids is 1. The fraction of sp³-hybridized carbons (Fsp3) is 0.759. The van der Waals surface area contributed by atoms with Crippen molar-refractivity contribution in [2.45, 2.75) is 69.4 Å². The van der Waals surface area contributed by atoms with Gasteiger partial charge in [0, 0.05) is 39.3 Å². The van der Waals surface area contributed by atoms with Crippen LogP contribution in [0.5, 0.6) is 5.75 Å². The third-order valence-corrected chi connectivity index (χ3v) is 10.2. The minimum atomic E-state index is -1.30. The van der Waals surface area contributed by atoms with E-state index < -0.39 is 11.0 Å². The van der Waals surface area contributed by atoms with Gasteiger partial charge in [-0.2, -0.15) is 0 Å². The van der Waals surface area contributed by atoms with Crippen LogP contribution < -0.4 is 4.74 Å². The molecule has 216 valence electrons. The number of methoxy groups -OCH3 is 1. The standard InChI is InChI=1S/C29H50N4O4S/c1-22-18-27(36-7)19-23(2)29(22)38(35)32(6)16-17-37-21-28(34)31(5)20-24-8-10-26(11-9-24)33-14-12-25(13-15-33)30(3)4/h18-19,24-26H,8-17,20-21H2,1-7H3. The van der Waals surface area contributed by atoms with Crippen LogP contribution in [0.1, 0.15) is 49.7 Å². The van der Waals surface area contributed by atoms with E-state index in [2.05, 4.69) is 23.9 Å². The summed E-state index contributed by atoms with van der Waals surface area (Å²) < 4.78 is 25.8. The molecule has 2 aliphatic rings. The maximum absolute atomic E-state index is 13.1. The summed E-state index contributed by atoms with van der Waals surface area (Å²) >= 11 is 0. The molecule has 1 aliphatic heterocycles. The molecule has 3 rings (SSSR count). The number of benzene rings is 1. The first-order valence-corrected chi connectivity index (χ1v) is 15.2. The molecule has 0 spiro atoms. The Bertz CT molecular complexity index is 904.